The van der Waals surface area contributed by atoms with E-state index in [0.717, 1.165) is 6.54 Å². The van der Waals surface area contributed by atoms with Crippen LogP contribution in [0.3, 0.4) is 0 Å². The molecule has 0 aromatic carbocycles. The van der Waals surface area contributed by atoms with Gasteiger partial charge in [0.1, 0.15) is 0 Å². The second kappa shape index (κ2) is 6.24. The van der Waals surface area contributed by atoms with Crippen LogP contribution in [0.1, 0.15) is 31.0 Å². The van der Waals surface area contributed by atoms with Crippen molar-refractivity contribution in [2.24, 2.45) is 0 Å². The normalized spacial score (nSPS) is 21.4. The first-order chi connectivity index (χ1) is 5.47. The number of nitrogens with zero attached hydrogens (tertiary/aromatic N) is 1. The fourth-order valence-corrected chi connectivity index (χ4v) is 1.58. The maximum atomic E-state index is 3.93. The molecule has 2 heterocycles. The van der Waals surface area contributed by atoms with Gasteiger partial charge in [-0.05, 0) is 25.5 Å². The van der Waals surface area contributed by atoms with E-state index in [1.54, 1.807) is 0 Å². The Hall–Kier alpha value is -0.250. The van der Waals surface area contributed by atoms with Gasteiger partial charge in [-0.1, -0.05) is 6.42 Å². The quantitative estimate of drug-likeness (QED) is 0.766. The zero-order valence-electron chi connectivity index (χ0n) is 7.32. The van der Waals surface area contributed by atoms with Crippen molar-refractivity contribution in [2.75, 3.05) is 6.54 Å². The molecule has 1 atom stereocenters. The minimum absolute atomic E-state index is 0. The Kier molecular flexibility index (Phi) is 6.12. The van der Waals surface area contributed by atoms with E-state index >= 15 is 0 Å². The monoisotopic (exact) mass is 223 g/mol. The number of rotatable bonds is 1. The Bertz CT molecular complexity index is 207. The molecule has 1 aliphatic rings. The van der Waals surface area contributed by atoms with Gasteiger partial charge in [0.25, 0.3) is 0 Å². The Labute approximate surface area is 90.5 Å². The molecule has 5 heteroatoms. The molecule has 0 aliphatic carbocycles. The second-order valence-corrected chi connectivity index (χ2v) is 3.01. The van der Waals surface area contributed by atoms with Gasteiger partial charge < -0.3 is 5.32 Å². The largest absolute Gasteiger partial charge is 0.309 e. The summed E-state index contributed by atoms with van der Waals surface area (Å²) in [5.74, 6) is 0. The van der Waals surface area contributed by atoms with Crippen LogP contribution >= 0.6 is 24.8 Å². The number of aromatic nitrogens is 2. The SMILES string of the molecule is Cl.Cl.c1cc([C@@H]2CCCCN2)[nH]n1. The first kappa shape index (κ1) is 12.8. The highest BCUT2D eigenvalue weighted by molar-refractivity contribution is 5.85. The predicted octanol–water partition coefficient (Wildman–Crippen LogP) is 2.07. The second-order valence-electron chi connectivity index (χ2n) is 3.01. The molecular formula is C8H15Cl2N3. The molecule has 76 valence electrons. The Morgan fingerprint density at radius 3 is 2.69 bits per heavy atom. The molecule has 1 aliphatic heterocycles. The van der Waals surface area contributed by atoms with Crippen molar-refractivity contribution in [1.82, 2.24) is 15.5 Å². The van der Waals surface area contributed by atoms with Crippen LogP contribution in [0.15, 0.2) is 12.3 Å². The first-order valence-electron chi connectivity index (χ1n) is 4.19. The zero-order chi connectivity index (χ0) is 7.52. The molecule has 0 saturated carbocycles. The number of piperidine rings is 1. The Balaban J connectivity index is 0.000000720. The summed E-state index contributed by atoms with van der Waals surface area (Å²) < 4.78 is 0. The van der Waals surface area contributed by atoms with Crippen molar-refractivity contribution in [3.63, 3.8) is 0 Å². The van der Waals surface area contributed by atoms with E-state index < -0.39 is 0 Å². The Morgan fingerprint density at radius 1 is 1.31 bits per heavy atom. The minimum Gasteiger partial charge on any atom is -0.309 e. The number of hydrogen-bond donors (Lipinski definition) is 2. The summed E-state index contributed by atoms with van der Waals surface area (Å²) >= 11 is 0. The zero-order valence-corrected chi connectivity index (χ0v) is 8.96. The average molecular weight is 224 g/mol. The molecule has 0 spiro atoms. The number of aromatic amines is 1. The van der Waals surface area contributed by atoms with Crippen LogP contribution in [0.2, 0.25) is 0 Å². The van der Waals surface area contributed by atoms with Gasteiger partial charge in [-0.2, -0.15) is 5.10 Å². The maximum absolute atomic E-state index is 3.93. The topological polar surface area (TPSA) is 40.7 Å². The fraction of sp³-hybridized carbons (Fsp3) is 0.625. The molecule has 0 unspecified atom stereocenters. The first-order valence-corrected chi connectivity index (χ1v) is 4.19. The summed E-state index contributed by atoms with van der Waals surface area (Å²) in [7, 11) is 0. The minimum atomic E-state index is 0. The lowest BCUT2D eigenvalue weighted by molar-refractivity contribution is 0.405. The van der Waals surface area contributed by atoms with Gasteiger partial charge in [-0.15, -0.1) is 24.8 Å². The average Bonchev–Trinajstić information content (AvgIpc) is 2.58. The third-order valence-electron chi connectivity index (χ3n) is 2.21. The predicted molar refractivity (Wildman–Crippen MR) is 57.7 cm³/mol. The van der Waals surface area contributed by atoms with E-state index in [1.165, 1.54) is 25.0 Å². The molecular weight excluding hydrogens is 209 g/mol. The molecule has 2 rings (SSSR count). The summed E-state index contributed by atoms with van der Waals surface area (Å²) in [6.45, 7) is 1.14. The number of hydrogen-bond acceptors (Lipinski definition) is 2. The van der Waals surface area contributed by atoms with Gasteiger partial charge in [0.2, 0.25) is 0 Å². The standard InChI is InChI=1S/C8H13N3.2ClH/c1-2-5-9-7(3-1)8-4-6-10-11-8;;/h4,6-7,9H,1-3,5H2,(H,10,11);2*1H/t7-;;/m0../s1. The van der Waals surface area contributed by atoms with Crippen LogP contribution in [0.25, 0.3) is 0 Å². The molecule has 1 saturated heterocycles. The van der Waals surface area contributed by atoms with E-state index in [4.69, 9.17) is 0 Å². The summed E-state index contributed by atoms with van der Waals surface area (Å²) in [6.07, 6.45) is 5.69. The summed E-state index contributed by atoms with van der Waals surface area (Å²) in [4.78, 5) is 0. The fourth-order valence-electron chi connectivity index (χ4n) is 1.58. The van der Waals surface area contributed by atoms with Crippen LogP contribution in [0, 0.1) is 0 Å². The van der Waals surface area contributed by atoms with E-state index in [2.05, 4.69) is 15.5 Å². The highest BCUT2D eigenvalue weighted by Crippen LogP contribution is 2.19. The van der Waals surface area contributed by atoms with Crippen LogP contribution < -0.4 is 5.32 Å². The van der Waals surface area contributed by atoms with E-state index in [9.17, 15) is 0 Å². The van der Waals surface area contributed by atoms with Crippen LogP contribution in [0.5, 0.6) is 0 Å². The van der Waals surface area contributed by atoms with Crippen molar-refractivity contribution >= 4 is 24.8 Å². The lowest BCUT2D eigenvalue weighted by Crippen LogP contribution is -2.26. The number of nitrogens with one attached hydrogen (secondary N) is 2. The third-order valence-corrected chi connectivity index (χ3v) is 2.21. The van der Waals surface area contributed by atoms with E-state index in [0.29, 0.717) is 6.04 Å². The molecule has 0 amide bonds. The molecule has 0 radical (unpaired) electrons. The van der Waals surface area contributed by atoms with Crippen LogP contribution in [-0.2, 0) is 0 Å². The van der Waals surface area contributed by atoms with Gasteiger partial charge >= 0.3 is 0 Å². The summed E-state index contributed by atoms with van der Waals surface area (Å²) in [5, 5.41) is 10.4. The Morgan fingerprint density at radius 2 is 2.15 bits per heavy atom. The smallest absolute Gasteiger partial charge is 0.0521 e. The summed E-state index contributed by atoms with van der Waals surface area (Å²) in [6, 6.07) is 2.56. The van der Waals surface area contributed by atoms with Crippen molar-refractivity contribution in [1.29, 1.82) is 0 Å². The molecule has 1 aromatic heterocycles. The van der Waals surface area contributed by atoms with Gasteiger partial charge in [-0.25, -0.2) is 0 Å². The van der Waals surface area contributed by atoms with E-state index in [1.807, 2.05) is 12.3 Å². The van der Waals surface area contributed by atoms with Crippen molar-refractivity contribution in [2.45, 2.75) is 25.3 Å². The maximum Gasteiger partial charge on any atom is 0.0521 e. The van der Waals surface area contributed by atoms with Crippen molar-refractivity contribution in [3.05, 3.63) is 18.0 Å². The van der Waals surface area contributed by atoms with Gasteiger partial charge in [0.05, 0.1) is 5.69 Å². The van der Waals surface area contributed by atoms with Crippen LogP contribution in [0.4, 0.5) is 0 Å². The molecule has 3 nitrogen and oxygen atoms in total. The molecule has 13 heavy (non-hydrogen) atoms. The number of halogens is 2. The van der Waals surface area contributed by atoms with Gasteiger partial charge in [0, 0.05) is 12.2 Å². The van der Waals surface area contributed by atoms with Gasteiger partial charge in [0.15, 0.2) is 0 Å². The molecule has 0 bridgehead atoms. The van der Waals surface area contributed by atoms with Crippen LogP contribution in [-0.4, -0.2) is 16.7 Å². The lowest BCUT2D eigenvalue weighted by atomic mass is 10.0. The molecule has 1 aromatic rings. The molecule has 2 N–H and O–H groups in total. The number of H-pyrrole nitrogens is 1. The lowest BCUT2D eigenvalue weighted by Gasteiger charge is -2.21. The van der Waals surface area contributed by atoms with Gasteiger partial charge in [-0.3, -0.25) is 5.10 Å². The molecule has 1 fully saturated rings. The highest BCUT2D eigenvalue weighted by Gasteiger charge is 2.14. The third kappa shape index (κ3) is 3.18. The highest BCUT2D eigenvalue weighted by atomic mass is 35.5. The van der Waals surface area contributed by atoms with E-state index in [-0.39, 0.29) is 24.8 Å². The van der Waals surface area contributed by atoms with Crippen molar-refractivity contribution in [3.8, 4) is 0 Å². The summed E-state index contributed by atoms with van der Waals surface area (Å²) in [5.41, 5.74) is 1.23. The van der Waals surface area contributed by atoms with Crippen molar-refractivity contribution < 1.29 is 0 Å².